The van der Waals surface area contributed by atoms with Crippen LogP contribution in [0.5, 0.6) is 0 Å². The molecule has 0 radical (unpaired) electrons. The average Bonchev–Trinajstić information content (AvgIpc) is 3.32. The molecule has 3 aliphatic heterocycles. The Morgan fingerprint density at radius 3 is 2.86 bits per heavy atom. The Morgan fingerprint density at radius 2 is 2.11 bits per heavy atom. The Morgan fingerprint density at radius 1 is 1.32 bits per heavy atom. The molecule has 4 rings (SSSR count). The maximum Gasteiger partial charge on any atom is 0.313 e. The van der Waals surface area contributed by atoms with Crippen molar-refractivity contribution in [2.45, 2.75) is 44.7 Å². The Kier molecular flexibility index (Phi) is 5.25. The first-order chi connectivity index (χ1) is 13.5. The van der Waals surface area contributed by atoms with E-state index in [0.717, 1.165) is 12.0 Å². The molecule has 0 saturated carbocycles. The lowest BCUT2D eigenvalue weighted by Gasteiger charge is -2.22. The summed E-state index contributed by atoms with van der Waals surface area (Å²) in [6, 6.07) is 9.55. The number of likely N-dealkylation sites (tertiary alicyclic amines) is 1. The van der Waals surface area contributed by atoms with Crippen LogP contribution in [0.15, 0.2) is 42.5 Å². The zero-order valence-corrected chi connectivity index (χ0v) is 16.4. The Hall–Kier alpha value is -2.18. The largest absolute Gasteiger partial charge is 0.460 e. The zero-order chi connectivity index (χ0) is 19.7. The molecule has 3 heterocycles. The van der Waals surface area contributed by atoms with Crippen LogP contribution in [0.3, 0.4) is 0 Å². The van der Waals surface area contributed by atoms with Gasteiger partial charge in [-0.2, -0.15) is 0 Å². The predicted molar refractivity (Wildman–Crippen MR) is 102 cm³/mol. The molecule has 0 N–H and O–H groups in total. The number of amides is 1. The number of rotatable bonds is 8. The third-order valence-electron chi connectivity index (χ3n) is 5.70. The van der Waals surface area contributed by atoms with Gasteiger partial charge >= 0.3 is 5.97 Å². The van der Waals surface area contributed by atoms with E-state index in [0.29, 0.717) is 19.7 Å². The Labute approximate surface area is 165 Å². The number of carbonyl (C=O) groups excluding carboxylic acids is 2. The molecule has 1 aromatic carbocycles. The van der Waals surface area contributed by atoms with Crippen molar-refractivity contribution >= 4 is 11.9 Å². The number of nitrogens with zero attached hydrogens (tertiary/aromatic N) is 1. The molecule has 1 amide bonds. The van der Waals surface area contributed by atoms with E-state index in [1.165, 1.54) is 0 Å². The topological polar surface area (TPSA) is 65.1 Å². The third kappa shape index (κ3) is 3.47. The van der Waals surface area contributed by atoms with Gasteiger partial charge in [0, 0.05) is 13.2 Å². The van der Waals surface area contributed by atoms with Crippen molar-refractivity contribution in [3.8, 4) is 0 Å². The van der Waals surface area contributed by atoms with E-state index >= 15 is 0 Å². The molecule has 6 nitrogen and oxygen atoms in total. The van der Waals surface area contributed by atoms with E-state index in [1.54, 1.807) is 4.90 Å². The van der Waals surface area contributed by atoms with Crippen LogP contribution >= 0.6 is 0 Å². The number of esters is 1. The second-order valence-electron chi connectivity index (χ2n) is 8.03. The SMILES string of the molecule is CC(C)OCCCN1C[C@@]23C=C[C@H](O2)[C@@H](C(=O)OCc2ccccc2)[C@H]3C1=O. The molecule has 4 atom stereocenters. The first-order valence-electron chi connectivity index (χ1n) is 9.98. The molecule has 0 aromatic heterocycles. The lowest BCUT2D eigenvalue weighted by Crippen LogP contribution is -2.40. The van der Waals surface area contributed by atoms with Crippen molar-refractivity contribution < 1.29 is 23.8 Å². The number of carbonyl (C=O) groups is 2. The molecule has 2 saturated heterocycles. The van der Waals surface area contributed by atoms with Gasteiger partial charge in [-0.15, -0.1) is 0 Å². The van der Waals surface area contributed by atoms with Crippen molar-refractivity contribution in [3.05, 3.63) is 48.0 Å². The summed E-state index contributed by atoms with van der Waals surface area (Å²) in [5, 5.41) is 0. The van der Waals surface area contributed by atoms with E-state index in [4.69, 9.17) is 14.2 Å². The maximum absolute atomic E-state index is 13.1. The van der Waals surface area contributed by atoms with Gasteiger partial charge in [0.2, 0.25) is 5.91 Å². The molecular formula is C22H27NO5. The summed E-state index contributed by atoms with van der Waals surface area (Å²) in [7, 11) is 0. The summed E-state index contributed by atoms with van der Waals surface area (Å²) >= 11 is 0. The minimum Gasteiger partial charge on any atom is -0.460 e. The minimum atomic E-state index is -0.683. The van der Waals surface area contributed by atoms with Crippen LogP contribution in [-0.2, 0) is 30.4 Å². The molecule has 1 aromatic rings. The summed E-state index contributed by atoms with van der Waals surface area (Å²) in [6.07, 6.45) is 4.44. The first kappa shape index (κ1) is 19.2. The molecule has 150 valence electrons. The van der Waals surface area contributed by atoms with Crippen molar-refractivity contribution in [2.24, 2.45) is 11.8 Å². The summed E-state index contributed by atoms with van der Waals surface area (Å²) < 4.78 is 17.2. The summed E-state index contributed by atoms with van der Waals surface area (Å²) in [6.45, 7) is 5.91. The first-order valence-corrected chi connectivity index (χ1v) is 9.98. The highest BCUT2D eigenvalue weighted by atomic mass is 16.6. The molecule has 0 aliphatic carbocycles. The van der Waals surface area contributed by atoms with Gasteiger partial charge < -0.3 is 19.1 Å². The van der Waals surface area contributed by atoms with Gasteiger partial charge in [-0.05, 0) is 25.8 Å². The smallest absolute Gasteiger partial charge is 0.313 e. The highest BCUT2D eigenvalue weighted by Crippen LogP contribution is 2.52. The van der Waals surface area contributed by atoms with E-state index in [1.807, 2.05) is 56.3 Å². The van der Waals surface area contributed by atoms with Crippen LogP contribution in [0, 0.1) is 11.8 Å². The number of fused-ring (bicyclic) bond motifs is 1. The fraction of sp³-hybridized carbons (Fsp3) is 0.545. The molecule has 6 heteroatoms. The van der Waals surface area contributed by atoms with Gasteiger partial charge in [-0.3, -0.25) is 9.59 Å². The number of hydrogen-bond acceptors (Lipinski definition) is 5. The van der Waals surface area contributed by atoms with Crippen molar-refractivity contribution in [2.75, 3.05) is 19.7 Å². The summed E-state index contributed by atoms with van der Waals surface area (Å²) in [4.78, 5) is 27.7. The molecule has 1 spiro atoms. The highest BCUT2D eigenvalue weighted by Gasteiger charge is 2.67. The fourth-order valence-corrected chi connectivity index (χ4v) is 4.44. The number of hydrogen-bond donors (Lipinski definition) is 0. The highest BCUT2D eigenvalue weighted by molar-refractivity contribution is 5.91. The second kappa shape index (κ2) is 7.68. The lowest BCUT2D eigenvalue weighted by atomic mass is 9.77. The fourth-order valence-electron chi connectivity index (χ4n) is 4.44. The standard InChI is InChI=1S/C22H27NO5/c1-15(2)26-12-6-11-23-14-22-10-9-17(28-22)18(19(22)20(23)24)21(25)27-13-16-7-4-3-5-8-16/h3-5,7-10,15,17-19H,6,11-14H2,1-2H3/t17-,18+,19-,22+/m0/s1. The van der Waals surface area contributed by atoms with Gasteiger partial charge in [-0.25, -0.2) is 0 Å². The molecule has 28 heavy (non-hydrogen) atoms. The monoisotopic (exact) mass is 385 g/mol. The van der Waals surface area contributed by atoms with Crippen molar-refractivity contribution in [1.29, 1.82) is 0 Å². The van der Waals surface area contributed by atoms with Gasteiger partial charge in [0.1, 0.15) is 18.1 Å². The predicted octanol–water partition coefficient (Wildman–Crippen LogP) is 2.33. The van der Waals surface area contributed by atoms with Crippen LogP contribution in [0.1, 0.15) is 25.8 Å². The van der Waals surface area contributed by atoms with Crippen LogP contribution < -0.4 is 0 Å². The quantitative estimate of drug-likeness (QED) is 0.390. The molecule has 0 unspecified atom stereocenters. The van der Waals surface area contributed by atoms with Crippen LogP contribution in [-0.4, -0.2) is 54.3 Å². The molecule has 2 fully saturated rings. The zero-order valence-electron chi connectivity index (χ0n) is 16.4. The molecular weight excluding hydrogens is 358 g/mol. The van der Waals surface area contributed by atoms with Crippen molar-refractivity contribution in [1.82, 2.24) is 4.90 Å². The average molecular weight is 385 g/mol. The molecule has 3 aliphatic rings. The van der Waals surface area contributed by atoms with Gasteiger partial charge in [0.25, 0.3) is 0 Å². The lowest BCUT2D eigenvalue weighted by molar-refractivity contribution is -0.155. The van der Waals surface area contributed by atoms with E-state index in [-0.39, 0.29) is 30.7 Å². The minimum absolute atomic E-state index is 0.0157. The van der Waals surface area contributed by atoms with E-state index < -0.39 is 17.4 Å². The Balaban J connectivity index is 1.39. The third-order valence-corrected chi connectivity index (χ3v) is 5.70. The maximum atomic E-state index is 13.1. The summed E-state index contributed by atoms with van der Waals surface area (Å²) in [5.41, 5.74) is 0.242. The number of ether oxygens (including phenoxy) is 3. The van der Waals surface area contributed by atoms with Crippen LogP contribution in [0.4, 0.5) is 0 Å². The van der Waals surface area contributed by atoms with Gasteiger partial charge in [0.05, 0.1) is 24.7 Å². The summed E-state index contributed by atoms with van der Waals surface area (Å²) in [5.74, 6) is -1.43. The molecule has 2 bridgehead atoms. The van der Waals surface area contributed by atoms with Crippen LogP contribution in [0.2, 0.25) is 0 Å². The van der Waals surface area contributed by atoms with E-state index in [9.17, 15) is 9.59 Å². The van der Waals surface area contributed by atoms with Gasteiger partial charge in [-0.1, -0.05) is 42.5 Å². The van der Waals surface area contributed by atoms with Crippen LogP contribution in [0.25, 0.3) is 0 Å². The Bertz CT molecular complexity index is 761. The van der Waals surface area contributed by atoms with E-state index in [2.05, 4.69) is 0 Å². The van der Waals surface area contributed by atoms with Crippen molar-refractivity contribution in [3.63, 3.8) is 0 Å². The van der Waals surface area contributed by atoms with Gasteiger partial charge in [0.15, 0.2) is 0 Å². The second-order valence-corrected chi connectivity index (χ2v) is 8.03. The normalized spacial score (nSPS) is 30.3. The number of benzene rings is 1.